The van der Waals surface area contributed by atoms with Crippen LogP contribution in [0.25, 0.3) is 0 Å². The van der Waals surface area contributed by atoms with Crippen molar-refractivity contribution in [2.45, 2.75) is 51.7 Å². The van der Waals surface area contributed by atoms with Gasteiger partial charge in [-0.3, -0.25) is 4.90 Å². The van der Waals surface area contributed by atoms with E-state index >= 15 is 0 Å². The molecule has 1 aliphatic heterocycles. The normalized spacial score (nSPS) is 26.2. The molecule has 2 atom stereocenters. The third-order valence-corrected chi connectivity index (χ3v) is 4.33. The molecule has 1 saturated heterocycles. The van der Waals surface area contributed by atoms with Crippen molar-refractivity contribution in [1.29, 1.82) is 0 Å². The van der Waals surface area contributed by atoms with E-state index in [2.05, 4.69) is 68.2 Å². The molecule has 18 heavy (non-hydrogen) atoms. The third-order valence-electron chi connectivity index (χ3n) is 4.33. The maximum atomic E-state index is 3.62. The molecule has 100 valence electrons. The minimum atomic E-state index is 0.261. The van der Waals surface area contributed by atoms with Gasteiger partial charge in [0.1, 0.15) is 0 Å². The average Bonchev–Trinajstić information content (AvgIpc) is 2.39. The Hall–Kier alpha value is -0.860. The summed E-state index contributed by atoms with van der Waals surface area (Å²) in [6.45, 7) is 11.5. The molecule has 0 amide bonds. The smallest absolute Gasteiger partial charge is 0.0478 e. The van der Waals surface area contributed by atoms with Crippen LogP contribution in [0.1, 0.15) is 45.7 Å². The Labute approximate surface area is 111 Å². The highest BCUT2D eigenvalue weighted by Crippen LogP contribution is 2.32. The fourth-order valence-electron chi connectivity index (χ4n) is 2.75. The summed E-state index contributed by atoms with van der Waals surface area (Å²) < 4.78 is 0. The van der Waals surface area contributed by atoms with Crippen LogP contribution in [-0.2, 0) is 0 Å². The van der Waals surface area contributed by atoms with Gasteiger partial charge >= 0.3 is 0 Å². The van der Waals surface area contributed by atoms with Crippen LogP contribution >= 0.6 is 0 Å². The van der Waals surface area contributed by atoms with E-state index in [9.17, 15) is 0 Å². The molecule has 1 aliphatic rings. The fraction of sp³-hybridized carbons (Fsp3) is 0.625. The summed E-state index contributed by atoms with van der Waals surface area (Å²) in [6, 6.07) is 12.0. The average molecular weight is 246 g/mol. The molecule has 1 N–H and O–H groups in total. The van der Waals surface area contributed by atoms with Crippen LogP contribution in [0.2, 0.25) is 0 Å². The van der Waals surface area contributed by atoms with Gasteiger partial charge < -0.3 is 5.32 Å². The highest BCUT2D eigenvalue weighted by Gasteiger charge is 2.35. The summed E-state index contributed by atoms with van der Waals surface area (Å²) in [5.74, 6) is 0. The van der Waals surface area contributed by atoms with E-state index in [0.717, 1.165) is 13.1 Å². The molecular weight excluding hydrogens is 220 g/mol. The second kappa shape index (κ2) is 5.41. The van der Waals surface area contributed by atoms with Crippen LogP contribution in [0, 0.1) is 0 Å². The Bertz CT molecular complexity index is 372. The van der Waals surface area contributed by atoms with E-state index in [-0.39, 0.29) is 5.54 Å². The van der Waals surface area contributed by atoms with Crippen molar-refractivity contribution >= 4 is 0 Å². The first kappa shape index (κ1) is 13.6. The van der Waals surface area contributed by atoms with Crippen molar-refractivity contribution in [3.05, 3.63) is 35.9 Å². The first-order valence-electron chi connectivity index (χ1n) is 7.09. The van der Waals surface area contributed by atoms with Gasteiger partial charge in [0.05, 0.1) is 0 Å². The lowest BCUT2D eigenvalue weighted by molar-refractivity contribution is 0.0301. The number of nitrogens with zero attached hydrogens (tertiary/aromatic N) is 1. The van der Waals surface area contributed by atoms with Crippen LogP contribution in [0.3, 0.4) is 0 Å². The molecule has 2 nitrogen and oxygen atoms in total. The molecule has 0 saturated carbocycles. The quantitative estimate of drug-likeness (QED) is 0.881. The van der Waals surface area contributed by atoms with E-state index in [0.29, 0.717) is 12.1 Å². The van der Waals surface area contributed by atoms with E-state index < -0.39 is 0 Å². The number of nitrogens with one attached hydrogen (secondary N) is 1. The number of benzene rings is 1. The minimum absolute atomic E-state index is 0.261. The van der Waals surface area contributed by atoms with Crippen molar-refractivity contribution in [2.24, 2.45) is 0 Å². The molecule has 0 spiro atoms. The molecule has 1 heterocycles. The van der Waals surface area contributed by atoms with Gasteiger partial charge in [0.25, 0.3) is 0 Å². The van der Waals surface area contributed by atoms with Crippen LogP contribution in [-0.4, -0.2) is 29.6 Å². The van der Waals surface area contributed by atoms with Crippen LogP contribution in [0.4, 0.5) is 0 Å². The zero-order valence-electron chi connectivity index (χ0n) is 12.1. The van der Waals surface area contributed by atoms with E-state index in [4.69, 9.17) is 0 Å². The van der Waals surface area contributed by atoms with Crippen LogP contribution < -0.4 is 5.32 Å². The lowest BCUT2D eigenvalue weighted by atomic mass is 9.91. The Kier molecular flexibility index (Phi) is 4.08. The molecule has 1 aromatic rings. The predicted molar refractivity (Wildman–Crippen MR) is 77.7 cm³/mol. The molecule has 0 aromatic heterocycles. The summed E-state index contributed by atoms with van der Waals surface area (Å²) in [4.78, 5) is 2.67. The minimum Gasteiger partial charge on any atom is -0.311 e. The van der Waals surface area contributed by atoms with Crippen LogP contribution in [0.5, 0.6) is 0 Å². The first-order chi connectivity index (χ1) is 8.54. The van der Waals surface area contributed by atoms with Gasteiger partial charge in [-0.15, -0.1) is 0 Å². The zero-order valence-corrected chi connectivity index (χ0v) is 12.1. The first-order valence-corrected chi connectivity index (χ1v) is 7.09. The highest BCUT2D eigenvalue weighted by molar-refractivity contribution is 5.21. The molecular formula is C16H26N2. The van der Waals surface area contributed by atoms with Gasteiger partial charge in [-0.2, -0.15) is 0 Å². The maximum absolute atomic E-state index is 3.62. The SMILES string of the molecule is CCC(C)(C)N1CC(C)NCC1c1ccccc1. The third kappa shape index (κ3) is 2.76. The van der Waals surface area contributed by atoms with Crippen molar-refractivity contribution in [3.63, 3.8) is 0 Å². The number of hydrogen-bond donors (Lipinski definition) is 1. The van der Waals surface area contributed by atoms with Gasteiger partial charge in [-0.05, 0) is 32.8 Å². The standard InChI is InChI=1S/C16H26N2/c1-5-16(3,4)18-12-13(2)17-11-15(18)14-9-7-6-8-10-14/h6-10,13,15,17H,5,11-12H2,1-4H3. The zero-order chi connectivity index (χ0) is 13.2. The van der Waals surface area contributed by atoms with Gasteiger partial charge in [0.2, 0.25) is 0 Å². The summed E-state index contributed by atoms with van der Waals surface area (Å²) in [5, 5.41) is 3.62. The molecule has 1 fully saturated rings. The largest absolute Gasteiger partial charge is 0.311 e. The summed E-state index contributed by atoms with van der Waals surface area (Å²) in [6.07, 6.45) is 1.18. The topological polar surface area (TPSA) is 15.3 Å². The van der Waals surface area contributed by atoms with E-state index in [1.54, 1.807) is 0 Å². The lowest BCUT2D eigenvalue weighted by Gasteiger charge is -2.48. The van der Waals surface area contributed by atoms with Gasteiger partial charge in [0.15, 0.2) is 0 Å². The Morgan fingerprint density at radius 2 is 1.94 bits per heavy atom. The second-order valence-electron chi connectivity index (χ2n) is 6.05. The lowest BCUT2D eigenvalue weighted by Crippen LogP contribution is -2.58. The van der Waals surface area contributed by atoms with Crippen LogP contribution in [0.15, 0.2) is 30.3 Å². The molecule has 2 unspecified atom stereocenters. The Balaban J connectivity index is 2.27. The van der Waals surface area contributed by atoms with E-state index in [1.807, 2.05) is 0 Å². The molecule has 2 rings (SSSR count). The monoisotopic (exact) mass is 246 g/mol. The van der Waals surface area contributed by atoms with Crippen molar-refractivity contribution < 1.29 is 0 Å². The summed E-state index contributed by atoms with van der Waals surface area (Å²) in [5.41, 5.74) is 1.69. The molecule has 2 heteroatoms. The number of rotatable bonds is 3. The molecule has 0 bridgehead atoms. The highest BCUT2D eigenvalue weighted by atomic mass is 15.3. The molecule has 1 aromatic carbocycles. The van der Waals surface area contributed by atoms with Gasteiger partial charge in [-0.1, -0.05) is 37.3 Å². The maximum Gasteiger partial charge on any atom is 0.0478 e. The summed E-state index contributed by atoms with van der Waals surface area (Å²) in [7, 11) is 0. The number of hydrogen-bond acceptors (Lipinski definition) is 2. The van der Waals surface area contributed by atoms with Gasteiger partial charge in [0, 0.05) is 30.7 Å². The van der Waals surface area contributed by atoms with E-state index in [1.165, 1.54) is 12.0 Å². The Morgan fingerprint density at radius 3 is 2.56 bits per heavy atom. The fourth-order valence-corrected chi connectivity index (χ4v) is 2.75. The summed E-state index contributed by atoms with van der Waals surface area (Å²) >= 11 is 0. The Morgan fingerprint density at radius 1 is 1.28 bits per heavy atom. The molecule has 0 aliphatic carbocycles. The van der Waals surface area contributed by atoms with Gasteiger partial charge in [-0.25, -0.2) is 0 Å². The van der Waals surface area contributed by atoms with Crippen molar-refractivity contribution in [1.82, 2.24) is 10.2 Å². The van der Waals surface area contributed by atoms with Crippen molar-refractivity contribution in [2.75, 3.05) is 13.1 Å². The van der Waals surface area contributed by atoms with Crippen molar-refractivity contribution in [3.8, 4) is 0 Å². The molecule has 0 radical (unpaired) electrons. The second-order valence-corrected chi connectivity index (χ2v) is 6.05. The predicted octanol–water partition coefficient (Wildman–Crippen LogP) is 3.21. The number of piperazine rings is 1.